The predicted octanol–water partition coefficient (Wildman–Crippen LogP) is 1.44. The second-order valence-corrected chi connectivity index (χ2v) is 10.2. The van der Waals surface area contributed by atoms with Gasteiger partial charge in [0.1, 0.15) is 17.3 Å². The number of aliphatic hydroxyl groups is 4. The van der Waals surface area contributed by atoms with Crippen molar-refractivity contribution in [3.05, 3.63) is 11.1 Å². The van der Waals surface area contributed by atoms with Gasteiger partial charge in [-0.15, -0.1) is 0 Å². The summed E-state index contributed by atoms with van der Waals surface area (Å²) in [6, 6.07) is 0. The van der Waals surface area contributed by atoms with Gasteiger partial charge in [0.05, 0.1) is 6.42 Å². The highest BCUT2D eigenvalue weighted by molar-refractivity contribution is 5.75. The molecule has 7 atom stereocenters. The topological polar surface area (TPSA) is 107 Å². The predicted molar refractivity (Wildman–Crippen MR) is 97.6 cm³/mol. The zero-order valence-electron chi connectivity index (χ0n) is 16.9. The first-order valence-electron chi connectivity index (χ1n) is 10.1. The van der Waals surface area contributed by atoms with E-state index in [1.807, 2.05) is 20.8 Å². The molecule has 0 amide bonds. The van der Waals surface area contributed by atoms with E-state index in [1.54, 1.807) is 13.8 Å². The molecule has 0 spiro atoms. The molecule has 152 valence electrons. The Balaban J connectivity index is 2.08. The molecule has 2 bridgehead atoms. The van der Waals surface area contributed by atoms with Crippen LogP contribution in [0.25, 0.3) is 0 Å². The lowest BCUT2D eigenvalue weighted by Crippen LogP contribution is -2.90. The minimum atomic E-state index is -2.03. The third kappa shape index (κ3) is 1.80. The van der Waals surface area contributed by atoms with Gasteiger partial charge in [0, 0.05) is 11.8 Å². The van der Waals surface area contributed by atoms with Gasteiger partial charge >= 0.3 is 5.97 Å². The highest BCUT2D eigenvalue weighted by atomic mass is 16.6. The fourth-order valence-corrected chi connectivity index (χ4v) is 7.05. The Labute approximate surface area is 160 Å². The van der Waals surface area contributed by atoms with E-state index >= 15 is 0 Å². The maximum absolute atomic E-state index is 12.6. The quantitative estimate of drug-likeness (QED) is 0.405. The molecule has 6 nitrogen and oxygen atoms in total. The Morgan fingerprint density at radius 2 is 1.81 bits per heavy atom. The van der Waals surface area contributed by atoms with Gasteiger partial charge in [-0.2, -0.15) is 0 Å². The van der Waals surface area contributed by atoms with Crippen molar-refractivity contribution in [2.24, 2.45) is 17.3 Å². The van der Waals surface area contributed by atoms with E-state index in [0.29, 0.717) is 18.4 Å². The number of rotatable bonds is 1. The first-order valence-corrected chi connectivity index (χ1v) is 10.1. The smallest absolute Gasteiger partial charge is 0.307 e. The van der Waals surface area contributed by atoms with Gasteiger partial charge in [-0.05, 0) is 43.6 Å². The molecule has 3 fully saturated rings. The standard InChI is InChI=1S/C21H32O6/c1-11(2)14-8-18(24)10-17(5)9-15(22)27-21(20(18,26)13(14)4)16(23)12(3)6-7-19(17,21)25/h11-12,16,23-26H,6-10H2,1-5H3/t12-,16+,17-,18+,19-,20+,21+/m0/s1. The molecule has 4 N–H and O–H groups in total. The molecule has 0 aromatic carbocycles. The molecule has 1 heterocycles. The number of hydrogen-bond donors (Lipinski definition) is 4. The van der Waals surface area contributed by atoms with E-state index in [4.69, 9.17) is 4.74 Å². The third-order valence-corrected chi connectivity index (χ3v) is 8.44. The largest absolute Gasteiger partial charge is 0.450 e. The van der Waals surface area contributed by atoms with Crippen LogP contribution in [0.1, 0.15) is 66.7 Å². The highest BCUT2D eigenvalue weighted by Gasteiger charge is 2.87. The molecule has 4 aliphatic rings. The molecule has 27 heavy (non-hydrogen) atoms. The summed E-state index contributed by atoms with van der Waals surface area (Å²) in [5.41, 5.74) is -6.80. The number of esters is 1. The lowest BCUT2D eigenvalue weighted by Gasteiger charge is -2.73. The van der Waals surface area contributed by atoms with Crippen LogP contribution in [0.3, 0.4) is 0 Å². The van der Waals surface area contributed by atoms with Gasteiger partial charge in [0.25, 0.3) is 0 Å². The summed E-state index contributed by atoms with van der Waals surface area (Å²) >= 11 is 0. The van der Waals surface area contributed by atoms with Crippen molar-refractivity contribution in [3.8, 4) is 0 Å². The van der Waals surface area contributed by atoms with Gasteiger partial charge in [-0.1, -0.05) is 33.3 Å². The summed E-state index contributed by atoms with van der Waals surface area (Å²) in [4.78, 5) is 12.6. The fraction of sp³-hybridized carbons (Fsp3) is 0.857. The molecule has 6 heteroatoms. The van der Waals surface area contributed by atoms with Crippen LogP contribution in [0.4, 0.5) is 0 Å². The molecule has 0 unspecified atom stereocenters. The van der Waals surface area contributed by atoms with Crippen LogP contribution in [0, 0.1) is 17.3 Å². The van der Waals surface area contributed by atoms with E-state index < -0.39 is 39.9 Å². The minimum absolute atomic E-state index is 0.0409. The summed E-state index contributed by atoms with van der Waals surface area (Å²) in [7, 11) is 0. The Morgan fingerprint density at radius 3 is 2.41 bits per heavy atom. The van der Waals surface area contributed by atoms with Crippen molar-refractivity contribution in [1.29, 1.82) is 0 Å². The van der Waals surface area contributed by atoms with Gasteiger partial charge in [-0.3, -0.25) is 4.79 Å². The number of hydrogen-bond acceptors (Lipinski definition) is 6. The average molecular weight is 380 g/mol. The SMILES string of the molecule is CC1=C(C(C)C)C[C@@]2(O)C[C@]3(C)CC(=O)O[C@@]4([C@H](O)[C@@H](C)CC[C@]34O)[C@@]12O. The maximum atomic E-state index is 12.6. The number of carbonyl (C=O) groups excluding carboxylic acids is 1. The summed E-state index contributed by atoms with van der Waals surface area (Å²) in [5, 5.41) is 47.2. The molecule has 2 saturated carbocycles. The third-order valence-electron chi connectivity index (χ3n) is 8.44. The zero-order valence-corrected chi connectivity index (χ0v) is 16.9. The van der Waals surface area contributed by atoms with E-state index in [2.05, 4.69) is 0 Å². The number of carbonyl (C=O) groups is 1. The summed E-state index contributed by atoms with van der Waals surface area (Å²) < 4.78 is 5.80. The van der Waals surface area contributed by atoms with Crippen LogP contribution >= 0.6 is 0 Å². The highest BCUT2D eigenvalue weighted by Crippen LogP contribution is 2.72. The molecule has 0 aromatic heterocycles. The Hall–Kier alpha value is -0.950. The molecule has 1 aliphatic heterocycles. The molecule has 0 radical (unpaired) electrons. The average Bonchev–Trinajstić information content (AvgIpc) is 2.75. The zero-order chi connectivity index (χ0) is 20.2. The van der Waals surface area contributed by atoms with Gasteiger partial charge in [0.2, 0.25) is 5.60 Å². The molecular weight excluding hydrogens is 348 g/mol. The number of ether oxygens (including phenoxy) is 1. The molecule has 1 saturated heterocycles. The first kappa shape index (κ1) is 19.4. The summed E-state index contributed by atoms with van der Waals surface area (Å²) in [5.74, 6) is -0.756. The van der Waals surface area contributed by atoms with E-state index in [-0.39, 0.29) is 31.1 Å². The lowest BCUT2D eigenvalue weighted by molar-refractivity contribution is -0.400. The lowest BCUT2D eigenvalue weighted by atomic mass is 9.40. The van der Waals surface area contributed by atoms with Crippen molar-refractivity contribution in [2.75, 3.05) is 0 Å². The Bertz CT molecular complexity index is 745. The number of aliphatic hydroxyl groups excluding tert-OH is 1. The molecule has 4 rings (SSSR count). The van der Waals surface area contributed by atoms with Crippen molar-refractivity contribution < 1.29 is 30.0 Å². The number of fused-ring (bicyclic) bond motifs is 1. The second-order valence-electron chi connectivity index (χ2n) is 10.2. The molecule has 3 aliphatic carbocycles. The van der Waals surface area contributed by atoms with Crippen LogP contribution < -0.4 is 0 Å². The van der Waals surface area contributed by atoms with Gasteiger partial charge in [0.15, 0.2) is 5.60 Å². The van der Waals surface area contributed by atoms with Crippen LogP contribution in [0.15, 0.2) is 11.1 Å². The van der Waals surface area contributed by atoms with Crippen molar-refractivity contribution in [1.82, 2.24) is 0 Å². The normalized spacial score (nSPS) is 54.7. The Morgan fingerprint density at radius 1 is 1.19 bits per heavy atom. The second kappa shape index (κ2) is 5.15. The van der Waals surface area contributed by atoms with Gasteiger partial charge in [-0.25, -0.2) is 0 Å². The van der Waals surface area contributed by atoms with Crippen LogP contribution in [-0.2, 0) is 9.53 Å². The molecular formula is C21H32O6. The summed E-state index contributed by atoms with van der Waals surface area (Å²) in [6.07, 6.45) is -0.130. The fourth-order valence-electron chi connectivity index (χ4n) is 7.05. The van der Waals surface area contributed by atoms with Gasteiger partial charge < -0.3 is 25.2 Å². The summed E-state index contributed by atoms with van der Waals surface area (Å²) in [6.45, 7) is 9.33. The van der Waals surface area contributed by atoms with Crippen molar-refractivity contribution in [3.63, 3.8) is 0 Å². The van der Waals surface area contributed by atoms with Crippen molar-refractivity contribution in [2.45, 2.75) is 95.2 Å². The van der Waals surface area contributed by atoms with Crippen molar-refractivity contribution >= 4 is 5.97 Å². The van der Waals surface area contributed by atoms with E-state index in [0.717, 1.165) is 5.57 Å². The monoisotopic (exact) mass is 380 g/mol. The maximum Gasteiger partial charge on any atom is 0.307 e. The Kier molecular flexibility index (Phi) is 3.69. The van der Waals surface area contributed by atoms with E-state index in [1.165, 1.54) is 0 Å². The molecule has 0 aromatic rings. The van der Waals surface area contributed by atoms with Crippen LogP contribution in [0.2, 0.25) is 0 Å². The minimum Gasteiger partial charge on any atom is -0.450 e. The van der Waals surface area contributed by atoms with E-state index in [9.17, 15) is 25.2 Å². The first-order chi connectivity index (χ1) is 12.3. The van der Waals surface area contributed by atoms with Crippen LogP contribution in [0.5, 0.6) is 0 Å². The van der Waals surface area contributed by atoms with Crippen LogP contribution in [-0.4, -0.2) is 54.9 Å².